The van der Waals surface area contributed by atoms with E-state index >= 15 is 0 Å². The van der Waals surface area contributed by atoms with Gasteiger partial charge in [-0.15, -0.1) is 0 Å². The van der Waals surface area contributed by atoms with E-state index in [1.54, 1.807) is 6.92 Å². The monoisotopic (exact) mass is 358 g/mol. The van der Waals surface area contributed by atoms with Crippen LogP contribution in [0.15, 0.2) is 0 Å². The second-order valence-electron chi connectivity index (χ2n) is 5.95. The summed E-state index contributed by atoms with van der Waals surface area (Å²) in [6.07, 6.45) is -3.26. The summed E-state index contributed by atoms with van der Waals surface area (Å²) in [6, 6.07) is 0. The first-order valence-corrected chi connectivity index (χ1v) is 8.06. The van der Waals surface area contributed by atoms with Gasteiger partial charge in [0.2, 0.25) is 0 Å². The fourth-order valence-electron chi connectivity index (χ4n) is 3.12. The van der Waals surface area contributed by atoms with Gasteiger partial charge in [-0.2, -0.15) is 0 Å². The molecule has 1 saturated carbocycles. The third-order valence-electron chi connectivity index (χ3n) is 4.02. The molecule has 1 aliphatic carbocycles. The Bertz CT molecular complexity index is 558. The third-order valence-corrected chi connectivity index (χ3v) is 4.02. The Morgan fingerprint density at radius 2 is 1.48 bits per heavy atom. The maximum Gasteiger partial charge on any atom is 0.312 e. The lowest BCUT2D eigenvalue weighted by atomic mass is 10.00. The molecule has 0 bridgehead atoms. The Balaban J connectivity index is 2.23. The Hall–Kier alpha value is -2.16. The highest BCUT2D eigenvalue weighted by Gasteiger charge is 2.68. The van der Waals surface area contributed by atoms with E-state index in [1.165, 1.54) is 20.8 Å². The average molecular weight is 358 g/mol. The Morgan fingerprint density at radius 1 is 0.880 bits per heavy atom. The van der Waals surface area contributed by atoms with Crippen LogP contribution in [0.5, 0.6) is 0 Å². The molecule has 0 aromatic rings. The largest absolute Gasteiger partial charge is 0.466 e. The molecule has 0 aromatic carbocycles. The van der Waals surface area contributed by atoms with Crippen molar-refractivity contribution in [3.05, 3.63) is 0 Å². The van der Waals surface area contributed by atoms with E-state index < -0.39 is 60.1 Å². The van der Waals surface area contributed by atoms with Crippen LogP contribution in [-0.2, 0) is 42.9 Å². The van der Waals surface area contributed by atoms with E-state index in [4.69, 9.17) is 23.7 Å². The lowest BCUT2D eigenvalue weighted by Crippen LogP contribution is -2.51. The van der Waals surface area contributed by atoms with Crippen LogP contribution in [0.4, 0.5) is 0 Å². The summed E-state index contributed by atoms with van der Waals surface area (Å²) in [7, 11) is 0. The summed E-state index contributed by atoms with van der Waals surface area (Å²) in [4.78, 5) is 46.1. The Labute approximate surface area is 144 Å². The van der Waals surface area contributed by atoms with Gasteiger partial charge in [0.05, 0.1) is 18.6 Å². The first kappa shape index (κ1) is 19.2. The van der Waals surface area contributed by atoms with E-state index in [2.05, 4.69) is 0 Å². The average Bonchev–Trinajstić information content (AvgIpc) is 3.21. The fraction of sp³-hybridized carbons (Fsp3) is 0.750. The normalized spacial score (nSPS) is 32.8. The molecule has 1 aliphatic heterocycles. The van der Waals surface area contributed by atoms with Crippen molar-refractivity contribution < 1.29 is 42.9 Å². The van der Waals surface area contributed by atoms with Crippen LogP contribution in [0.1, 0.15) is 27.7 Å². The minimum absolute atomic E-state index is 0.191. The zero-order valence-electron chi connectivity index (χ0n) is 14.6. The lowest BCUT2D eigenvalue weighted by Gasteiger charge is -2.35. The molecule has 0 radical (unpaired) electrons. The molecule has 6 atom stereocenters. The quantitative estimate of drug-likeness (QED) is 0.477. The van der Waals surface area contributed by atoms with Gasteiger partial charge >= 0.3 is 23.9 Å². The summed E-state index contributed by atoms with van der Waals surface area (Å²) in [5.74, 6) is -3.28. The molecule has 9 nitrogen and oxygen atoms in total. The van der Waals surface area contributed by atoms with Gasteiger partial charge in [-0.05, 0) is 6.92 Å². The van der Waals surface area contributed by atoms with Crippen LogP contribution in [0.2, 0.25) is 0 Å². The minimum Gasteiger partial charge on any atom is -0.466 e. The van der Waals surface area contributed by atoms with Gasteiger partial charge < -0.3 is 23.7 Å². The first-order valence-electron chi connectivity index (χ1n) is 8.06. The summed E-state index contributed by atoms with van der Waals surface area (Å²) in [6.45, 7) is 5.35. The van der Waals surface area contributed by atoms with Crippen LogP contribution in [-0.4, -0.2) is 61.5 Å². The van der Waals surface area contributed by atoms with Crippen LogP contribution in [0.25, 0.3) is 0 Å². The van der Waals surface area contributed by atoms with E-state index in [1.807, 2.05) is 0 Å². The predicted octanol–water partition coefficient (Wildman–Crippen LogP) is -0.0106. The maximum atomic E-state index is 12.1. The number of esters is 4. The number of rotatable bonds is 6. The molecule has 140 valence electrons. The van der Waals surface area contributed by atoms with Crippen molar-refractivity contribution in [2.75, 3.05) is 13.2 Å². The molecular weight excluding hydrogens is 336 g/mol. The molecule has 2 aliphatic rings. The van der Waals surface area contributed by atoms with Gasteiger partial charge in [-0.25, -0.2) is 0 Å². The molecule has 1 saturated heterocycles. The summed E-state index contributed by atoms with van der Waals surface area (Å²) >= 11 is 0. The van der Waals surface area contributed by atoms with Crippen molar-refractivity contribution >= 4 is 23.9 Å². The molecule has 1 heterocycles. The summed E-state index contributed by atoms with van der Waals surface area (Å²) in [5, 5.41) is 0. The Kier molecular flexibility index (Phi) is 5.99. The molecule has 2 rings (SSSR count). The molecule has 25 heavy (non-hydrogen) atoms. The fourth-order valence-corrected chi connectivity index (χ4v) is 3.12. The molecule has 0 amide bonds. The van der Waals surface area contributed by atoms with Crippen LogP contribution >= 0.6 is 0 Å². The maximum absolute atomic E-state index is 12.1. The molecule has 9 heteroatoms. The number of carbonyl (C=O) groups is 4. The zero-order valence-corrected chi connectivity index (χ0v) is 14.6. The molecule has 2 fully saturated rings. The minimum atomic E-state index is -0.985. The van der Waals surface area contributed by atoms with Gasteiger partial charge in [0.1, 0.15) is 18.8 Å². The van der Waals surface area contributed by atoms with E-state index in [0.29, 0.717) is 0 Å². The molecule has 6 unspecified atom stereocenters. The SMILES string of the molecule is CCOC(=O)C1C2OC(COC(C)=O)C(OC(C)=O)C(OC(C)=O)C21. The highest BCUT2D eigenvalue weighted by atomic mass is 16.6. The predicted molar refractivity (Wildman–Crippen MR) is 80.0 cm³/mol. The van der Waals surface area contributed by atoms with Crippen molar-refractivity contribution in [1.82, 2.24) is 0 Å². The lowest BCUT2D eigenvalue weighted by molar-refractivity contribution is -0.202. The molecule has 0 aromatic heterocycles. The topological polar surface area (TPSA) is 114 Å². The van der Waals surface area contributed by atoms with Crippen molar-refractivity contribution in [3.63, 3.8) is 0 Å². The molecule has 0 N–H and O–H groups in total. The van der Waals surface area contributed by atoms with Gasteiger partial charge in [0.15, 0.2) is 6.10 Å². The van der Waals surface area contributed by atoms with Crippen LogP contribution < -0.4 is 0 Å². The van der Waals surface area contributed by atoms with Crippen molar-refractivity contribution in [2.24, 2.45) is 11.8 Å². The number of hydrogen-bond donors (Lipinski definition) is 0. The molecular formula is C16H22O9. The van der Waals surface area contributed by atoms with Gasteiger partial charge in [-0.1, -0.05) is 0 Å². The highest BCUT2D eigenvalue weighted by Crippen LogP contribution is 2.52. The van der Waals surface area contributed by atoms with Crippen molar-refractivity contribution in [2.45, 2.75) is 52.1 Å². The van der Waals surface area contributed by atoms with Gasteiger partial charge in [-0.3, -0.25) is 19.2 Å². The number of ether oxygens (including phenoxy) is 5. The van der Waals surface area contributed by atoms with Crippen molar-refractivity contribution in [3.8, 4) is 0 Å². The van der Waals surface area contributed by atoms with Crippen LogP contribution in [0.3, 0.4) is 0 Å². The second-order valence-corrected chi connectivity index (χ2v) is 5.95. The number of fused-ring (bicyclic) bond motifs is 1. The van der Waals surface area contributed by atoms with Gasteiger partial charge in [0.25, 0.3) is 0 Å². The summed E-state index contributed by atoms with van der Waals surface area (Å²) in [5.41, 5.74) is 0. The Morgan fingerprint density at radius 3 is 2.00 bits per heavy atom. The van der Waals surface area contributed by atoms with E-state index in [-0.39, 0.29) is 13.2 Å². The summed E-state index contributed by atoms with van der Waals surface area (Å²) < 4.78 is 26.3. The zero-order chi connectivity index (χ0) is 18.7. The highest BCUT2D eigenvalue weighted by molar-refractivity contribution is 5.78. The second kappa shape index (κ2) is 7.81. The van der Waals surface area contributed by atoms with Gasteiger partial charge in [0, 0.05) is 26.7 Å². The van der Waals surface area contributed by atoms with E-state index in [0.717, 1.165) is 0 Å². The number of hydrogen-bond acceptors (Lipinski definition) is 9. The third kappa shape index (κ3) is 4.47. The van der Waals surface area contributed by atoms with Crippen LogP contribution in [0, 0.1) is 11.8 Å². The smallest absolute Gasteiger partial charge is 0.312 e. The number of carbonyl (C=O) groups excluding carboxylic acids is 4. The molecule has 0 spiro atoms. The van der Waals surface area contributed by atoms with E-state index in [9.17, 15) is 19.2 Å². The van der Waals surface area contributed by atoms with Crippen molar-refractivity contribution in [1.29, 1.82) is 0 Å². The standard InChI is InChI=1S/C16H22O9/c1-5-21-16(20)12-11-14(12)25-10(6-22-7(2)17)13(23-8(3)18)15(11)24-9(4)19/h10-15H,5-6H2,1-4H3. The first-order chi connectivity index (χ1) is 11.8.